The molecule has 0 bridgehead atoms. The maximum atomic E-state index is 5.92. The molecule has 3 nitrogen and oxygen atoms in total. The molecule has 1 aromatic heterocycles. The lowest BCUT2D eigenvalue weighted by molar-refractivity contribution is 0.306. The zero-order chi connectivity index (χ0) is 13.5. The molecule has 3 heteroatoms. The summed E-state index contributed by atoms with van der Waals surface area (Å²) in [5, 5.41) is 0. The van der Waals surface area contributed by atoms with Crippen molar-refractivity contribution in [3.05, 3.63) is 54.4 Å². The number of rotatable bonds is 6. The quantitative estimate of drug-likeness (QED) is 0.791. The third-order valence-electron chi connectivity index (χ3n) is 2.98. The highest BCUT2D eigenvalue weighted by atomic mass is 16.5. The van der Waals surface area contributed by atoms with Gasteiger partial charge in [-0.15, -0.1) is 0 Å². The predicted molar refractivity (Wildman–Crippen MR) is 78.6 cm³/mol. The summed E-state index contributed by atoms with van der Waals surface area (Å²) in [6, 6.07) is 12.1. The second-order valence-corrected chi connectivity index (χ2v) is 4.53. The number of benzene rings is 1. The Hall–Kier alpha value is -2.03. The van der Waals surface area contributed by atoms with Gasteiger partial charge >= 0.3 is 0 Å². The first kappa shape index (κ1) is 13.4. The van der Waals surface area contributed by atoms with Gasteiger partial charge in [0.2, 0.25) is 0 Å². The van der Waals surface area contributed by atoms with Crippen molar-refractivity contribution in [2.75, 3.05) is 18.5 Å². The van der Waals surface area contributed by atoms with Crippen LogP contribution in [0.5, 0.6) is 5.75 Å². The summed E-state index contributed by atoms with van der Waals surface area (Å²) in [5.74, 6) is 0.926. The van der Waals surface area contributed by atoms with Crippen molar-refractivity contribution in [3.63, 3.8) is 0 Å². The maximum absolute atomic E-state index is 5.92. The van der Waals surface area contributed by atoms with Crippen molar-refractivity contribution in [1.82, 2.24) is 4.98 Å². The third kappa shape index (κ3) is 3.71. The molecule has 0 unspecified atom stereocenters. The molecule has 1 aromatic carbocycles. The minimum Gasteiger partial charge on any atom is -0.487 e. The van der Waals surface area contributed by atoms with Crippen LogP contribution in [0.15, 0.2) is 48.8 Å². The number of ether oxygens (including phenoxy) is 1. The Morgan fingerprint density at radius 3 is 2.58 bits per heavy atom. The van der Waals surface area contributed by atoms with Crippen LogP contribution in [0.4, 0.5) is 5.69 Å². The number of pyridine rings is 1. The summed E-state index contributed by atoms with van der Waals surface area (Å²) in [4.78, 5) is 6.23. The van der Waals surface area contributed by atoms with E-state index in [9.17, 15) is 0 Å². The molecule has 0 amide bonds. The highest BCUT2D eigenvalue weighted by molar-refractivity contribution is 5.57. The molecule has 0 fully saturated rings. The molecule has 0 aliphatic heterocycles. The minimum atomic E-state index is 0.569. The van der Waals surface area contributed by atoms with Crippen LogP contribution in [0.3, 0.4) is 0 Å². The zero-order valence-corrected chi connectivity index (χ0v) is 11.5. The maximum Gasteiger partial charge on any atom is 0.143 e. The third-order valence-corrected chi connectivity index (χ3v) is 2.98. The van der Waals surface area contributed by atoms with Crippen LogP contribution in [-0.2, 0) is 6.61 Å². The van der Waals surface area contributed by atoms with Gasteiger partial charge in [0.05, 0.1) is 5.69 Å². The van der Waals surface area contributed by atoms with Gasteiger partial charge in [0.15, 0.2) is 0 Å². The summed E-state index contributed by atoms with van der Waals surface area (Å²) < 4.78 is 5.92. The molecule has 2 aromatic rings. The summed E-state index contributed by atoms with van der Waals surface area (Å²) in [5.41, 5.74) is 2.27. The molecule has 0 spiro atoms. The Bertz CT molecular complexity index is 499. The molecule has 100 valence electrons. The molecule has 0 aliphatic carbocycles. The van der Waals surface area contributed by atoms with Crippen LogP contribution in [0, 0.1) is 0 Å². The Labute approximate surface area is 114 Å². The number of anilines is 1. The highest BCUT2D eigenvalue weighted by Gasteiger charge is 2.07. The summed E-state index contributed by atoms with van der Waals surface area (Å²) in [6.07, 6.45) is 4.69. The lowest BCUT2D eigenvalue weighted by atomic mass is 10.2. The van der Waals surface area contributed by atoms with Gasteiger partial charge in [-0.1, -0.05) is 19.1 Å². The Morgan fingerprint density at radius 2 is 1.84 bits per heavy atom. The Balaban J connectivity index is 2.07. The summed E-state index contributed by atoms with van der Waals surface area (Å²) >= 11 is 0. The Morgan fingerprint density at radius 1 is 1.11 bits per heavy atom. The fourth-order valence-corrected chi connectivity index (χ4v) is 1.99. The van der Waals surface area contributed by atoms with Crippen LogP contribution in [-0.4, -0.2) is 18.6 Å². The van der Waals surface area contributed by atoms with Crippen molar-refractivity contribution in [1.29, 1.82) is 0 Å². The number of nitrogens with zero attached hydrogens (tertiary/aromatic N) is 2. The molecule has 0 saturated heterocycles. The topological polar surface area (TPSA) is 25.4 Å². The average molecular weight is 256 g/mol. The second kappa shape index (κ2) is 6.78. The van der Waals surface area contributed by atoms with Crippen LogP contribution in [0.1, 0.15) is 18.9 Å². The molecule has 1 heterocycles. The molecule has 2 rings (SSSR count). The smallest absolute Gasteiger partial charge is 0.143 e. The largest absolute Gasteiger partial charge is 0.487 e. The van der Waals surface area contributed by atoms with Crippen LogP contribution >= 0.6 is 0 Å². The van der Waals surface area contributed by atoms with Crippen LogP contribution < -0.4 is 9.64 Å². The van der Waals surface area contributed by atoms with E-state index >= 15 is 0 Å². The molecule has 0 N–H and O–H groups in total. The fourth-order valence-electron chi connectivity index (χ4n) is 1.99. The molecule has 19 heavy (non-hydrogen) atoms. The summed E-state index contributed by atoms with van der Waals surface area (Å²) in [6.45, 7) is 3.77. The van der Waals surface area contributed by atoms with Crippen molar-refractivity contribution < 1.29 is 4.74 Å². The second-order valence-electron chi connectivity index (χ2n) is 4.53. The van der Waals surface area contributed by atoms with Crippen molar-refractivity contribution >= 4 is 5.69 Å². The normalized spacial score (nSPS) is 10.2. The van der Waals surface area contributed by atoms with Gasteiger partial charge in [-0.3, -0.25) is 4.98 Å². The number of para-hydroxylation sites is 2. The fraction of sp³-hybridized carbons (Fsp3) is 0.312. The molecule has 0 aliphatic rings. The van der Waals surface area contributed by atoms with E-state index < -0.39 is 0 Å². The zero-order valence-electron chi connectivity index (χ0n) is 11.5. The van der Waals surface area contributed by atoms with Gasteiger partial charge in [-0.05, 0) is 36.2 Å². The molecular weight excluding hydrogens is 236 g/mol. The van der Waals surface area contributed by atoms with Gasteiger partial charge in [0.1, 0.15) is 12.4 Å². The predicted octanol–water partition coefficient (Wildman–Crippen LogP) is 3.51. The van der Waals surface area contributed by atoms with Crippen molar-refractivity contribution in [3.8, 4) is 5.75 Å². The van der Waals surface area contributed by atoms with Crippen molar-refractivity contribution in [2.24, 2.45) is 0 Å². The van der Waals surface area contributed by atoms with E-state index in [1.165, 1.54) is 0 Å². The minimum absolute atomic E-state index is 0.569. The van der Waals surface area contributed by atoms with E-state index in [-0.39, 0.29) is 0 Å². The standard InChI is InChI=1S/C16H20N2O/c1-3-12-18(2)15-6-4-5-7-16(15)19-13-14-8-10-17-11-9-14/h4-11H,3,12-13H2,1-2H3. The van der Waals surface area contributed by atoms with Crippen molar-refractivity contribution in [2.45, 2.75) is 20.0 Å². The van der Waals surface area contributed by atoms with Crippen LogP contribution in [0.2, 0.25) is 0 Å². The first-order chi connectivity index (χ1) is 9.31. The number of hydrogen-bond acceptors (Lipinski definition) is 3. The average Bonchev–Trinajstić information content (AvgIpc) is 2.47. The van der Waals surface area contributed by atoms with E-state index in [2.05, 4.69) is 29.9 Å². The van der Waals surface area contributed by atoms with Crippen LogP contribution in [0.25, 0.3) is 0 Å². The Kier molecular flexibility index (Phi) is 4.78. The van der Waals surface area contributed by atoms with E-state index in [0.29, 0.717) is 6.61 Å². The van der Waals surface area contributed by atoms with Gasteiger partial charge in [0.25, 0.3) is 0 Å². The van der Waals surface area contributed by atoms with E-state index in [4.69, 9.17) is 4.74 Å². The van der Waals surface area contributed by atoms with Gasteiger partial charge in [-0.25, -0.2) is 0 Å². The highest BCUT2D eigenvalue weighted by Crippen LogP contribution is 2.27. The molecule has 0 saturated carbocycles. The van der Waals surface area contributed by atoms with E-state index in [0.717, 1.165) is 30.0 Å². The summed E-state index contributed by atoms with van der Waals surface area (Å²) in [7, 11) is 2.10. The van der Waals surface area contributed by atoms with E-state index in [1.54, 1.807) is 12.4 Å². The SMILES string of the molecule is CCCN(C)c1ccccc1OCc1ccncc1. The lowest BCUT2D eigenvalue weighted by Crippen LogP contribution is -2.18. The first-order valence-electron chi connectivity index (χ1n) is 6.63. The monoisotopic (exact) mass is 256 g/mol. The number of aromatic nitrogens is 1. The van der Waals surface area contributed by atoms with E-state index in [1.807, 2.05) is 30.3 Å². The number of hydrogen-bond donors (Lipinski definition) is 0. The van der Waals surface area contributed by atoms with Gasteiger partial charge in [0, 0.05) is 26.0 Å². The first-order valence-corrected chi connectivity index (χ1v) is 6.63. The molecule has 0 radical (unpaired) electrons. The van der Waals surface area contributed by atoms with Gasteiger partial charge in [-0.2, -0.15) is 0 Å². The van der Waals surface area contributed by atoms with Gasteiger partial charge < -0.3 is 9.64 Å². The molecular formula is C16H20N2O. The molecule has 0 atom stereocenters. The lowest BCUT2D eigenvalue weighted by Gasteiger charge is -2.21.